The van der Waals surface area contributed by atoms with E-state index >= 15 is 0 Å². The molecule has 0 unspecified atom stereocenters. The van der Waals surface area contributed by atoms with Gasteiger partial charge in [-0.25, -0.2) is 0 Å². The highest BCUT2D eigenvalue weighted by atomic mass is 79.9. The summed E-state index contributed by atoms with van der Waals surface area (Å²) < 4.78 is 2.11. The fourth-order valence-corrected chi connectivity index (χ4v) is 1.84. The van der Waals surface area contributed by atoms with Crippen LogP contribution in [0.5, 0.6) is 0 Å². The molecule has 12 heavy (non-hydrogen) atoms. The molecule has 0 bridgehead atoms. The molecule has 0 N–H and O–H groups in total. The molecule has 0 aliphatic heterocycles. The number of aryl methyl sites for hydroxylation is 1. The van der Waals surface area contributed by atoms with Crippen molar-refractivity contribution < 1.29 is 0 Å². The average molecular weight is 231 g/mol. The highest BCUT2D eigenvalue weighted by Gasteiger charge is 2.05. The van der Waals surface area contributed by atoms with Crippen molar-refractivity contribution >= 4 is 15.9 Å². The van der Waals surface area contributed by atoms with Gasteiger partial charge in [-0.05, 0) is 12.8 Å². The highest BCUT2D eigenvalue weighted by Crippen LogP contribution is 2.13. The third-order valence-electron chi connectivity index (χ3n) is 1.95. The van der Waals surface area contributed by atoms with Crippen LogP contribution in [0.3, 0.4) is 0 Å². The normalized spacial score (nSPS) is 10.6. The molecule has 0 aliphatic carbocycles. The van der Waals surface area contributed by atoms with Gasteiger partial charge in [0.1, 0.15) is 0 Å². The number of aromatic nitrogens is 2. The van der Waals surface area contributed by atoms with Gasteiger partial charge in [-0.3, -0.25) is 4.68 Å². The van der Waals surface area contributed by atoms with Crippen molar-refractivity contribution in [3.63, 3.8) is 0 Å². The lowest BCUT2D eigenvalue weighted by Gasteiger charge is -2.04. The Labute approximate surface area is 82.1 Å². The van der Waals surface area contributed by atoms with Crippen molar-refractivity contribution in [2.24, 2.45) is 0 Å². The summed E-state index contributed by atoms with van der Waals surface area (Å²) in [7, 11) is 0. The molecule has 0 fully saturated rings. The smallest absolute Gasteiger partial charge is 0.0533 e. The Balaban J connectivity index is 2.88. The van der Waals surface area contributed by atoms with Gasteiger partial charge in [0, 0.05) is 23.1 Å². The van der Waals surface area contributed by atoms with Gasteiger partial charge in [0.2, 0.25) is 0 Å². The van der Waals surface area contributed by atoms with E-state index < -0.39 is 0 Å². The van der Waals surface area contributed by atoms with Crippen molar-refractivity contribution in [1.82, 2.24) is 9.78 Å². The summed E-state index contributed by atoms with van der Waals surface area (Å²) in [6.07, 6.45) is 4.18. The Morgan fingerprint density at radius 2 is 2.25 bits per heavy atom. The van der Waals surface area contributed by atoms with Crippen LogP contribution in [0.4, 0.5) is 0 Å². The molecular formula is C9H15BrN2. The molecule has 68 valence electrons. The van der Waals surface area contributed by atoms with Gasteiger partial charge in [-0.2, -0.15) is 5.10 Å². The van der Waals surface area contributed by atoms with Crippen LogP contribution in [0.25, 0.3) is 0 Å². The zero-order valence-electron chi connectivity index (χ0n) is 7.68. The molecule has 0 radical (unpaired) electrons. The lowest BCUT2D eigenvalue weighted by atomic mass is 10.2. The van der Waals surface area contributed by atoms with E-state index in [1.54, 1.807) is 0 Å². The zero-order valence-corrected chi connectivity index (χ0v) is 9.26. The number of hydrogen-bond donors (Lipinski definition) is 0. The van der Waals surface area contributed by atoms with Crippen molar-refractivity contribution in [3.8, 4) is 0 Å². The lowest BCUT2D eigenvalue weighted by molar-refractivity contribution is 0.576. The summed E-state index contributed by atoms with van der Waals surface area (Å²) in [5, 5.41) is 5.25. The second kappa shape index (κ2) is 4.65. The summed E-state index contributed by atoms with van der Waals surface area (Å²) in [6, 6.07) is 0. The standard InChI is InChI=1S/C9H15BrN2/c1-3-5-12-9(4-2)8(6-10)7-11-12/h7H,3-6H2,1-2H3. The first-order chi connectivity index (χ1) is 5.83. The molecule has 1 rings (SSSR count). The van der Waals surface area contributed by atoms with E-state index in [1.807, 2.05) is 6.20 Å². The van der Waals surface area contributed by atoms with Crippen LogP contribution in [-0.4, -0.2) is 9.78 Å². The monoisotopic (exact) mass is 230 g/mol. The fraction of sp³-hybridized carbons (Fsp3) is 0.667. The molecule has 1 heterocycles. The summed E-state index contributed by atoms with van der Waals surface area (Å²) in [5.41, 5.74) is 2.69. The Morgan fingerprint density at radius 3 is 2.75 bits per heavy atom. The number of hydrogen-bond acceptors (Lipinski definition) is 1. The summed E-state index contributed by atoms with van der Waals surface area (Å²) >= 11 is 3.46. The summed E-state index contributed by atoms with van der Waals surface area (Å²) in [6.45, 7) is 5.39. The molecule has 0 spiro atoms. The van der Waals surface area contributed by atoms with E-state index in [9.17, 15) is 0 Å². The second-order valence-electron chi connectivity index (χ2n) is 2.83. The lowest BCUT2D eigenvalue weighted by Crippen LogP contribution is -2.04. The first-order valence-corrected chi connectivity index (χ1v) is 5.55. The minimum atomic E-state index is 0.917. The molecule has 1 aromatic rings. The van der Waals surface area contributed by atoms with E-state index in [0.29, 0.717) is 0 Å². The second-order valence-corrected chi connectivity index (χ2v) is 3.39. The summed E-state index contributed by atoms with van der Waals surface area (Å²) in [5.74, 6) is 0. The highest BCUT2D eigenvalue weighted by molar-refractivity contribution is 9.08. The number of nitrogens with zero attached hydrogens (tertiary/aromatic N) is 2. The largest absolute Gasteiger partial charge is 0.269 e. The maximum atomic E-state index is 4.33. The van der Waals surface area contributed by atoms with Gasteiger partial charge in [0.05, 0.1) is 6.20 Å². The van der Waals surface area contributed by atoms with E-state index in [1.165, 1.54) is 11.3 Å². The van der Waals surface area contributed by atoms with Crippen LogP contribution in [0.15, 0.2) is 6.20 Å². The first-order valence-electron chi connectivity index (χ1n) is 4.43. The Bertz CT molecular complexity index is 243. The molecule has 0 saturated carbocycles. The molecule has 2 nitrogen and oxygen atoms in total. The Kier molecular flexibility index (Phi) is 3.79. The van der Waals surface area contributed by atoms with E-state index in [-0.39, 0.29) is 0 Å². The third-order valence-corrected chi connectivity index (χ3v) is 2.55. The first kappa shape index (κ1) is 9.78. The zero-order chi connectivity index (χ0) is 8.97. The molecule has 3 heteroatoms. The van der Waals surface area contributed by atoms with Crippen molar-refractivity contribution in [3.05, 3.63) is 17.5 Å². The predicted octanol–water partition coefficient (Wildman–Crippen LogP) is 2.75. The molecule has 0 aromatic carbocycles. The number of alkyl halides is 1. The number of rotatable bonds is 4. The van der Waals surface area contributed by atoms with Crippen LogP contribution in [0.1, 0.15) is 31.5 Å². The van der Waals surface area contributed by atoms with E-state index in [2.05, 4.69) is 39.6 Å². The number of halogens is 1. The van der Waals surface area contributed by atoms with Crippen LogP contribution in [0, 0.1) is 0 Å². The minimum absolute atomic E-state index is 0.917. The SMILES string of the molecule is CCCn1ncc(CBr)c1CC. The van der Waals surface area contributed by atoms with Crippen LogP contribution < -0.4 is 0 Å². The van der Waals surface area contributed by atoms with Gasteiger partial charge in [0.25, 0.3) is 0 Å². The topological polar surface area (TPSA) is 17.8 Å². The Morgan fingerprint density at radius 1 is 1.50 bits per heavy atom. The van der Waals surface area contributed by atoms with Crippen LogP contribution in [-0.2, 0) is 18.3 Å². The molecular weight excluding hydrogens is 216 g/mol. The molecule has 0 amide bonds. The molecule has 0 aliphatic rings. The van der Waals surface area contributed by atoms with Crippen molar-refractivity contribution in [1.29, 1.82) is 0 Å². The Hall–Kier alpha value is -0.310. The molecule has 1 aromatic heterocycles. The third kappa shape index (κ3) is 1.89. The van der Waals surface area contributed by atoms with Crippen LogP contribution in [0.2, 0.25) is 0 Å². The molecule has 0 saturated heterocycles. The van der Waals surface area contributed by atoms with Crippen molar-refractivity contribution in [2.45, 2.75) is 38.6 Å². The van der Waals surface area contributed by atoms with E-state index in [4.69, 9.17) is 0 Å². The van der Waals surface area contributed by atoms with Gasteiger partial charge >= 0.3 is 0 Å². The molecule has 0 atom stereocenters. The van der Waals surface area contributed by atoms with Gasteiger partial charge in [-0.1, -0.05) is 29.8 Å². The quantitative estimate of drug-likeness (QED) is 0.728. The van der Waals surface area contributed by atoms with Crippen molar-refractivity contribution in [2.75, 3.05) is 0 Å². The maximum Gasteiger partial charge on any atom is 0.0533 e. The average Bonchev–Trinajstić information content (AvgIpc) is 2.47. The van der Waals surface area contributed by atoms with Gasteiger partial charge in [-0.15, -0.1) is 0 Å². The summed E-state index contributed by atoms with van der Waals surface area (Å²) in [4.78, 5) is 0. The van der Waals surface area contributed by atoms with Crippen LogP contribution >= 0.6 is 15.9 Å². The fourth-order valence-electron chi connectivity index (χ4n) is 1.38. The van der Waals surface area contributed by atoms with E-state index in [0.717, 1.165) is 24.7 Å². The maximum absolute atomic E-state index is 4.33. The minimum Gasteiger partial charge on any atom is -0.269 e. The predicted molar refractivity (Wildman–Crippen MR) is 54.5 cm³/mol. The van der Waals surface area contributed by atoms with Gasteiger partial charge < -0.3 is 0 Å². The van der Waals surface area contributed by atoms with Gasteiger partial charge in [0.15, 0.2) is 0 Å².